The van der Waals surface area contributed by atoms with Gasteiger partial charge in [-0.3, -0.25) is 14.5 Å². The van der Waals surface area contributed by atoms with Gasteiger partial charge in [0.2, 0.25) is 5.91 Å². The second-order valence-corrected chi connectivity index (χ2v) is 5.72. The van der Waals surface area contributed by atoms with Crippen LogP contribution in [0.3, 0.4) is 0 Å². The van der Waals surface area contributed by atoms with Gasteiger partial charge in [0.25, 0.3) is 0 Å². The van der Waals surface area contributed by atoms with Crippen LogP contribution in [0.15, 0.2) is 0 Å². The van der Waals surface area contributed by atoms with E-state index in [4.69, 9.17) is 10.8 Å². The van der Waals surface area contributed by atoms with Gasteiger partial charge in [0.05, 0.1) is 12.6 Å². The number of nitrogens with two attached hydrogens (primary N) is 1. The zero-order chi connectivity index (χ0) is 14.3. The predicted molar refractivity (Wildman–Crippen MR) is 76.2 cm³/mol. The summed E-state index contributed by atoms with van der Waals surface area (Å²) >= 11 is 1.68. The number of hydrogen-bond acceptors (Lipinski definition) is 5. The molecule has 1 aliphatic heterocycles. The third-order valence-electron chi connectivity index (χ3n) is 3.21. The number of nitrogens with zero attached hydrogens (tertiary/aromatic N) is 2. The van der Waals surface area contributed by atoms with E-state index in [1.165, 1.54) is 0 Å². The van der Waals surface area contributed by atoms with Crippen molar-refractivity contribution in [3.05, 3.63) is 0 Å². The lowest BCUT2D eigenvalue weighted by molar-refractivity contribution is -0.138. The summed E-state index contributed by atoms with van der Waals surface area (Å²) in [6.07, 6.45) is 3.48. The Morgan fingerprint density at radius 1 is 1.32 bits per heavy atom. The van der Waals surface area contributed by atoms with Gasteiger partial charge in [-0.05, 0) is 24.9 Å². The topological polar surface area (TPSA) is 86.9 Å². The van der Waals surface area contributed by atoms with Crippen LogP contribution in [0, 0.1) is 0 Å². The first-order valence-corrected chi connectivity index (χ1v) is 7.91. The molecule has 0 saturated carbocycles. The largest absolute Gasteiger partial charge is 0.480 e. The van der Waals surface area contributed by atoms with Crippen LogP contribution in [-0.4, -0.2) is 77.6 Å². The Morgan fingerprint density at radius 3 is 2.68 bits per heavy atom. The number of hydrogen-bond donors (Lipinski definition) is 2. The van der Waals surface area contributed by atoms with E-state index in [2.05, 4.69) is 0 Å². The Bertz CT molecular complexity index is 315. The summed E-state index contributed by atoms with van der Waals surface area (Å²) in [6, 6.07) is -0.432. The summed E-state index contributed by atoms with van der Waals surface area (Å²) in [4.78, 5) is 26.5. The average molecular weight is 289 g/mol. The summed E-state index contributed by atoms with van der Waals surface area (Å²) in [5.74, 6) is 0.0500. The third kappa shape index (κ3) is 5.80. The average Bonchev–Trinajstić information content (AvgIpc) is 2.60. The van der Waals surface area contributed by atoms with Crippen LogP contribution in [0.2, 0.25) is 0 Å². The molecule has 6 nitrogen and oxygen atoms in total. The fraction of sp³-hybridized carbons (Fsp3) is 0.833. The van der Waals surface area contributed by atoms with Crippen molar-refractivity contribution in [1.29, 1.82) is 0 Å². The molecule has 110 valence electrons. The maximum atomic E-state index is 12.1. The molecule has 0 spiro atoms. The van der Waals surface area contributed by atoms with Crippen molar-refractivity contribution in [2.45, 2.75) is 18.9 Å². The van der Waals surface area contributed by atoms with Crippen LogP contribution in [0.25, 0.3) is 0 Å². The number of carbonyl (C=O) groups is 2. The van der Waals surface area contributed by atoms with E-state index in [0.717, 1.165) is 18.7 Å². The van der Waals surface area contributed by atoms with Crippen molar-refractivity contribution in [2.24, 2.45) is 5.73 Å². The monoisotopic (exact) mass is 289 g/mol. The van der Waals surface area contributed by atoms with Crippen molar-refractivity contribution >= 4 is 23.6 Å². The summed E-state index contributed by atoms with van der Waals surface area (Å²) in [5, 5.41) is 8.77. The molecule has 0 aromatic rings. The highest BCUT2D eigenvalue weighted by atomic mass is 32.2. The maximum Gasteiger partial charge on any atom is 0.317 e. The van der Waals surface area contributed by atoms with Gasteiger partial charge in [0.15, 0.2) is 0 Å². The van der Waals surface area contributed by atoms with E-state index in [-0.39, 0.29) is 12.5 Å². The van der Waals surface area contributed by atoms with Crippen molar-refractivity contribution < 1.29 is 14.7 Å². The van der Waals surface area contributed by atoms with Crippen molar-refractivity contribution in [3.63, 3.8) is 0 Å². The molecule has 3 N–H and O–H groups in total. The van der Waals surface area contributed by atoms with Crippen LogP contribution in [-0.2, 0) is 9.59 Å². The number of carbonyl (C=O) groups excluding carboxylic acids is 1. The number of carboxylic acid groups (broad SMARTS) is 1. The molecule has 1 atom stereocenters. The van der Waals surface area contributed by atoms with E-state index in [1.807, 2.05) is 11.2 Å². The molecule has 0 unspecified atom stereocenters. The van der Waals surface area contributed by atoms with Crippen molar-refractivity contribution in [2.75, 3.05) is 44.7 Å². The lowest BCUT2D eigenvalue weighted by atomic mass is 10.2. The Morgan fingerprint density at radius 2 is 2.05 bits per heavy atom. The predicted octanol–water partition coefficient (Wildman–Crippen LogP) is -0.314. The van der Waals surface area contributed by atoms with Gasteiger partial charge in [-0.25, -0.2) is 0 Å². The fourth-order valence-electron chi connectivity index (χ4n) is 2.14. The lowest BCUT2D eigenvalue weighted by Gasteiger charge is -2.24. The highest BCUT2D eigenvalue weighted by molar-refractivity contribution is 7.98. The Balaban J connectivity index is 2.43. The van der Waals surface area contributed by atoms with Crippen LogP contribution >= 0.6 is 11.8 Å². The Labute approximate surface area is 118 Å². The molecule has 0 aromatic heterocycles. The normalized spacial score (nSPS) is 18.9. The minimum absolute atomic E-state index is 0.00812. The van der Waals surface area contributed by atoms with Crippen LogP contribution in [0.1, 0.15) is 12.8 Å². The molecule has 7 heteroatoms. The second-order valence-electron chi connectivity index (χ2n) is 4.74. The lowest BCUT2D eigenvalue weighted by Crippen LogP contribution is -2.45. The number of aliphatic carboxylic acids is 1. The molecule has 1 saturated heterocycles. The molecular weight excluding hydrogens is 266 g/mol. The summed E-state index contributed by atoms with van der Waals surface area (Å²) in [5.41, 5.74) is 5.89. The van der Waals surface area contributed by atoms with E-state index in [1.54, 1.807) is 16.7 Å². The molecule has 0 radical (unpaired) electrons. The molecule has 1 rings (SSSR count). The molecule has 19 heavy (non-hydrogen) atoms. The Hall–Kier alpha value is -0.790. The van der Waals surface area contributed by atoms with Gasteiger partial charge in [0, 0.05) is 26.2 Å². The quantitative estimate of drug-likeness (QED) is 0.697. The standard InChI is InChI=1S/C12H23N3O3S/c1-19-8-3-10(13)12(18)15-5-2-4-14(6-7-15)9-11(16)17/h10H,2-9,13H2,1H3,(H,16,17)/t10-/m1/s1. The summed E-state index contributed by atoms with van der Waals surface area (Å²) in [6.45, 7) is 2.60. The number of carboxylic acids is 1. The van der Waals surface area contributed by atoms with Crippen LogP contribution in [0.4, 0.5) is 0 Å². The van der Waals surface area contributed by atoms with Gasteiger partial charge in [-0.1, -0.05) is 0 Å². The van der Waals surface area contributed by atoms with Gasteiger partial charge in [0.1, 0.15) is 0 Å². The molecule has 1 aliphatic rings. The van der Waals surface area contributed by atoms with E-state index in [0.29, 0.717) is 26.1 Å². The van der Waals surface area contributed by atoms with Gasteiger partial charge < -0.3 is 15.7 Å². The zero-order valence-corrected chi connectivity index (χ0v) is 12.2. The fourth-order valence-corrected chi connectivity index (χ4v) is 2.63. The van der Waals surface area contributed by atoms with Crippen LogP contribution < -0.4 is 5.73 Å². The molecule has 0 aromatic carbocycles. The molecule has 1 fully saturated rings. The van der Waals surface area contributed by atoms with Gasteiger partial charge >= 0.3 is 5.97 Å². The van der Waals surface area contributed by atoms with Gasteiger partial charge in [-0.15, -0.1) is 0 Å². The summed E-state index contributed by atoms with van der Waals surface area (Å²) in [7, 11) is 0. The minimum Gasteiger partial charge on any atom is -0.480 e. The highest BCUT2D eigenvalue weighted by Gasteiger charge is 2.23. The minimum atomic E-state index is -0.823. The molecule has 0 bridgehead atoms. The maximum absolute atomic E-state index is 12.1. The van der Waals surface area contributed by atoms with E-state index >= 15 is 0 Å². The zero-order valence-electron chi connectivity index (χ0n) is 11.4. The number of rotatable bonds is 6. The first-order chi connectivity index (χ1) is 9.04. The first kappa shape index (κ1) is 16.3. The second kappa shape index (κ2) is 8.39. The smallest absolute Gasteiger partial charge is 0.317 e. The van der Waals surface area contributed by atoms with Gasteiger partial charge in [-0.2, -0.15) is 11.8 Å². The van der Waals surface area contributed by atoms with Crippen LogP contribution in [0.5, 0.6) is 0 Å². The molecular formula is C12H23N3O3S. The Kier molecular flexibility index (Phi) is 7.19. The number of thioether (sulfide) groups is 1. The third-order valence-corrected chi connectivity index (χ3v) is 3.85. The molecule has 1 amide bonds. The van der Waals surface area contributed by atoms with Crippen molar-refractivity contribution in [3.8, 4) is 0 Å². The molecule has 0 aliphatic carbocycles. The highest BCUT2D eigenvalue weighted by Crippen LogP contribution is 2.07. The van der Waals surface area contributed by atoms with E-state index < -0.39 is 12.0 Å². The molecule has 1 heterocycles. The first-order valence-electron chi connectivity index (χ1n) is 6.52. The number of amides is 1. The van der Waals surface area contributed by atoms with Crippen molar-refractivity contribution in [1.82, 2.24) is 9.80 Å². The SMILES string of the molecule is CSCC[C@@H](N)C(=O)N1CCCN(CC(=O)O)CC1. The summed E-state index contributed by atoms with van der Waals surface area (Å²) < 4.78 is 0. The van der Waals surface area contributed by atoms with E-state index in [9.17, 15) is 9.59 Å².